The molecule has 0 bridgehead atoms. The predicted molar refractivity (Wildman–Crippen MR) is 207 cm³/mol. The number of benzene rings is 6. The molecule has 2 aromatic heterocycles. The molecule has 0 aliphatic rings. The van der Waals surface area contributed by atoms with Crippen molar-refractivity contribution in [2.75, 3.05) is 0 Å². The zero-order valence-corrected chi connectivity index (χ0v) is 29.2. The van der Waals surface area contributed by atoms with Gasteiger partial charge in [-0.15, -0.1) is 0 Å². The zero-order chi connectivity index (χ0) is 33.4. The van der Waals surface area contributed by atoms with Gasteiger partial charge < -0.3 is 9.13 Å². The fraction of sp³-hybridized carbons (Fsp3) is 0.217. The van der Waals surface area contributed by atoms with Crippen molar-refractivity contribution in [1.29, 1.82) is 0 Å². The van der Waals surface area contributed by atoms with Crippen molar-refractivity contribution in [3.8, 4) is 22.5 Å². The molecule has 2 heterocycles. The highest BCUT2D eigenvalue weighted by atomic mass is 15.0. The molecule has 0 saturated carbocycles. The van der Waals surface area contributed by atoms with Crippen LogP contribution in [0.15, 0.2) is 127 Å². The first-order chi connectivity index (χ1) is 23.1. The van der Waals surface area contributed by atoms with Gasteiger partial charge in [0.25, 0.3) is 0 Å². The minimum Gasteiger partial charge on any atom is -0.309 e. The van der Waals surface area contributed by atoms with Gasteiger partial charge in [0.15, 0.2) is 0 Å². The molecule has 0 atom stereocenters. The molecule has 0 amide bonds. The fourth-order valence-corrected chi connectivity index (χ4v) is 7.82. The van der Waals surface area contributed by atoms with Crippen LogP contribution in [0.1, 0.15) is 65.2 Å². The van der Waals surface area contributed by atoms with E-state index in [2.05, 4.69) is 185 Å². The van der Waals surface area contributed by atoms with Crippen molar-refractivity contribution in [2.24, 2.45) is 0 Å². The SMILES string of the molecule is CCc1c(-n2c3ccccc3c3ccccc32)ccc2c3ccccc3n(-c3ccc(-c4cc(C(C)(C)C)ccc4C(C)(C)C)cc3)c12. The summed E-state index contributed by atoms with van der Waals surface area (Å²) in [6.07, 6.45) is 0.913. The first-order valence-electron chi connectivity index (χ1n) is 17.4. The van der Waals surface area contributed by atoms with Crippen molar-refractivity contribution >= 4 is 43.6 Å². The Bertz CT molecular complexity index is 2430. The van der Waals surface area contributed by atoms with Gasteiger partial charge in [0.2, 0.25) is 0 Å². The monoisotopic (exact) mass is 624 g/mol. The quantitative estimate of drug-likeness (QED) is 0.184. The molecule has 0 unspecified atom stereocenters. The van der Waals surface area contributed by atoms with E-state index in [4.69, 9.17) is 0 Å². The lowest BCUT2D eigenvalue weighted by atomic mass is 9.78. The molecular weight excluding hydrogens is 581 g/mol. The molecular formula is C46H44N2. The molecule has 0 aliphatic carbocycles. The van der Waals surface area contributed by atoms with Gasteiger partial charge in [0.05, 0.1) is 27.8 Å². The predicted octanol–water partition coefficient (Wildman–Crippen LogP) is 12.7. The minimum absolute atomic E-state index is 0.0382. The molecule has 6 aromatic carbocycles. The second-order valence-electron chi connectivity index (χ2n) is 15.3. The van der Waals surface area contributed by atoms with Crippen LogP contribution >= 0.6 is 0 Å². The Morgan fingerprint density at radius 1 is 0.500 bits per heavy atom. The summed E-state index contributed by atoms with van der Waals surface area (Å²) >= 11 is 0. The molecule has 2 nitrogen and oxygen atoms in total. The number of nitrogens with zero attached hydrogens (tertiary/aromatic N) is 2. The molecule has 0 N–H and O–H groups in total. The Labute approximate surface area is 284 Å². The van der Waals surface area contributed by atoms with Crippen molar-refractivity contribution in [3.05, 3.63) is 144 Å². The number of hydrogen-bond donors (Lipinski definition) is 0. The molecule has 238 valence electrons. The van der Waals surface area contributed by atoms with Crippen molar-refractivity contribution in [1.82, 2.24) is 9.13 Å². The number of para-hydroxylation sites is 3. The first kappa shape index (κ1) is 30.3. The Hall–Kier alpha value is -5.08. The molecule has 0 radical (unpaired) electrons. The Balaban J connectivity index is 1.38. The largest absolute Gasteiger partial charge is 0.309 e. The number of aromatic nitrogens is 2. The third kappa shape index (κ3) is 4.69. The van der Waals surface area contributed by atoms with Gasteiger partial charge in [0.1, 0.15) is 0 Å². The topological polar surface area (TPSA) is 9.86 Å². The van der Waals surface area contributed by atoms with Gasteiger partial charge in [-0.3, -0.25) is 0 Å². The number of hydrogen-bond acceptors (Lipinski definition) is 0. The van der Waals surface area contributed by atoms with E-state index in [0.717, 1.165) is 6.42 Å². The smallest absolute Gasteiger partial charge is 0.0593 e. The van der Waals surface area contributed by atoms with E-state index in [1.54, 1.807) is 0 Å². The summed E-state index contributed by atoms with van der Waals surface area (Å²) in [7, 11) is 0. The van der Waals surface area contributed by atoms with E-state index in [9.17, 15) is 0 Å². The van der Waals surface area contributed by atoms with Crippen molar-refractivity contribution in [2.45, 2.75) is 65.7 Å². The van der Waals surface area contributed by atoms with Gasteiger partial charge in [-0.25, -0.2) is 0 Å². The summed E-state index contributed by atoms with van der Waals surface area (Å²) in [6.45, 7) is 16.1. The van der Waals surface area contributed by atoms with Crippen LogP contribution in [-0.4, -0.2) is 9.13 Å². The average molecular weight is 625 g/mol. The maximum Gasteiger partial charge on any atom is 0.0593 e. The van der Waals surface area contributed by atoms with Gasteiger partial charge >= 0.3 is 0 Å². The summed E-state index contributed by atoms with van der Waals surface area (Å²) in [5.74, 6) is 0. The minimum atomic E-state index is 0.0382. The lowest BCUT2D eigenvalue weighted by Crippen LogP contribution is -2.16. The van der Waals surface area contributed by atoms with Crippen LogP contribution in [0.3, 0.4) is 0 Å². The van der Waals surface area contributed by atoms with E-state index in [-0.39, 0.29) is 10.8 Å². The summed E-state index contributed by atoms with van der Waals surface area (Å²) in [5.41, 5.74) is 14.2. The molecule has 0 spiro atoms. The Morgan fingerprint density at radius 2 is 1.04 bits per heavy atom. The molecule has 8 rings (SSSR count). The van der Waals surface area contributed by atoms with E-state index < -0.39 is 0 Å². The highest BCUT2D eigenvalue weighted by molar-refractivity contribution is 6.13. The molecule has 48 heavy (non-hydrogen) atoms. The van der Waals surface area contributed by atoms with Crippen LogP contribution in [0, 0.1) is 0 Å². The van der Waals surface area contributed by atoms with E-state index in [0.29, 0.717) is 0 Å². The average Bonchev–Trinajstić information content (AvgIpc) is 3.60. The summed E-state index contributed by atoms with van der Waals surface area (Å²) < 4.78 is 4.98. The summed E-state index contributed by atoms with van der Waals surface area (Å²) in [4.78, 5) is 0. The van der Waals surface area contributed by atoms with Gasteiger partial charge in [-0.2, -0.15) is 0 Å². The number of fused-ring (bicyclic) bond motifs is 6. The second-order valence-corrected chi connectivity index (χ2v) is 15.3. The lowest BCUT2D eigenvalue weighted by molar-refractivity contribution is 0.578. The summed E-state index contributed by atoms with van der Waals surface area (Å²) in [6, 6.07) is 47.6. The number of aryl methyl sites for hydroxylation is 1. The van der Waals surface area contributed by atoms with E-state index in [1.807, 2.05) is 0 Å². The summed E-state index contributed by atoms with van der Waals surface area (Å²) in [5, 5.41) is 5.16. The van der Waals surface area contributed by atoms with E-state index >= 15 is 0 Å². The van der Waals surface area contributed by atoms with Crippen molar-refractivity contribution in [3.63, 3.8) is 0 Å². The fourth-order valence-electron chi connectivity index (χ4n) is 7.82. The Kier molecular flexibility index (Phi) is 6.93. The molecule has 0 saturated heterocycles. The van der Waals surface area contributed by atoms with Crippen LogP contribution < -0.4 is 0 Å². The highest BCUT2D eigenvalue weighted by Crippen LogP contribution is 2.41. The Morgan fingerprint density at radius 3 is 1.58 bits per heavy atom. The third-order valence-electron chi connectivity index (χ3n) is 10.2. The van der Waals surface area contributed by atoms with E-state index in [1.165, 1.54) is 82.8 Å². The number of rotatable bonds is 4. The van der Waals surface area contributed by atoms with Gasteiger partial charge in [0, 0.05) is 32.8 Å². The standard InChI is InChI=1S/C46H44N2/c1-8-33-43(48-41-19-13-9-15-34(41)35-16-10-14-20-42(35)48)28-26-37-36-17-11-12-18-40(36)47(44(33)37)32-24-21-30(22-25-32)38-29-31(45(2,3)4)23-27-39(38)46(5,6)7/h9-29H,8H2,1-7H3. The zero-order valence-electron chi connectivity index (χ0n) is 29.2. The maximum absolute atomic E-state index is 2.50. The first-order valence-corrected chi connectivity index (χ1v) is 17.4. The highest BCUT2D eigenvalue weighted by Gasteiger charge is 2.24. The van der Waals surface area contributed by atoms with Crippen LogP contribution in [0.4, 0.5) is 0 Å². The van der Waals surface area contributed by atoms with Gasteiger partial charge in [-0.05, 0) is 75.9 Å². The van der Waals surface area contributed by atoms with Gasteiger partial charge in [-0.1, -0.05) is 139 Å². The van der Waals surface area contributed by atoms with Crippen LogP contribution in [0.2, 0.25) is 0 Å². The second kappa shape index (κ2) is 11.0. The van der Waals surface area contributed by atoms with Crippen LogP contribution in [-0.2, 0) is 17.3 Å². The molecule has 8 aromatic rings. The molecule has 0 fully saturated rings. The maximum atomic E-state index is 2.50. The third-order valence-corrected chi connectivity index (χ3v) is 10.2. The normalized spacial score (nSPS) is 12.6. The molecule has 0 aliphatic heterocycles. The van der Waals surface area contributed by atoms with Crippen LogP contribution in [0.5, 0.6) is 0 Å². The lowest BCUT2D eigenvalue weighted by Gasteiger charge is -2.27. The van der Waals surface area contributed by atoms with Crippen LogP contribution in [0.25, 0.3) is 66.1 Å². The molecule has 2 heteroatoms. The van der Waals surface area contributed by atoms with Crippen molar-refractivity contribution < 1.29 is 0 Å².